The van der Waals surface area contributed by atoms with Gasteiger partial charge in [-0.2, -0.15) is 0 Å². The van der Waals surface area contributed by atoms with E-state index in [-0.39, 0.29) is 5.41 Å². The smallest absolute Gasteiger partial charge is 0.0703 e. The van der Waals surface area contributed by atoms with Gasteiger partial charge in [-0.05, 0) is 25.8 Å². The van der Waals surface area contributed by atoms with E-state index in [9.17, 15) is 0 Å². The molecule has 90 valence electrons. The minimum Gasteiger partial charge on any atom is -0.377 e. The second kappa shape index (κ2) is 4.81. The van der Waals surface area contributed by atoms with Crippen molar-refractivity contribution in [1.82, 2.24) is 4.90 Å². The van der Waals surface area contributed by atoms with Gasteiger partial charge in [0.15, 0.2) is 0 Å². The first kappa shape index (κ1) is 12.9. The molecule has 1 saturated heterocycles. The van der Waals surface area contributed by atoms with Crippen molar-refractivity contribution in [3.8, 4) is 0 Å². The molecule has 0 aromatic heterocycles. The monoisotopic (exact) mass is 214 g/mol. The minimum absolute atomic E-state index is 0.228. The third-order valence-corrected chi connectivity index (χ3v) is 3.57. The van der Waals surface area contributed by atoms with Gasteiger partial charge in [0.2, 0.25) is 0 Å². The van der Waals surface area contributed by atoms with Crippen LogP contribution >= 0.6 is 0 Å². The molecule has 1 rings (SSSR count). The third kappa shape index (κ3) is 2.92. The minimum atomic E-state index is 0.228. The SMILES string of the molecule is CC1OCCC1N(C)C(CN)C(C)(C)C. The second-order valence-corrected chi connectivity index (χ2v) is 5.71. The van der Waals surface area contributed by atoms with Crippen molar-refractivity contribution in [3.05, 3.63) is 0 Å². The molecule has 3 atom stereocenters. The van der Waals surface area contributed by atoms with Crippen LogP contribution in [0.15, 0.2) is 0 Å². The van der Waals surface area contributed by atoms with Crippen LogP contribution in [0.2, 0.25) is 0 Å². The zero-order valence-corrected chi connectivity index (χ0v) is 10.8. The zero-order chi connectivity index (χ0) is 11.6. The van der Waals surface area contributed by atoms with Crippen molar-refractivity contribution in [2.75, 3.05) is 20.2 Å². The van der Waals surface area contributed by atoms with Crippen molar-refractivity contribution in [2.45, 2.75) is 52.3 Å². The van der Waals surface area contributed by atoms with E-state index >= 15 is 0 Å². The lowest BCUT2D eigenvalue weighted by molar-refractivity contribution is 0.0395. The van der Waals surface area contributed by atoms with Crippen LogP contribution in [0.5, 0.6) is 0 Å². The van der Waals surface area contributed by atoms with Crippen molar-refractivity contribution >= 4 is 0 Å². The number of hydrogen-bond donors (Lipinski definition) is 1. The molecule has 1 aliphatic rings. The van der Waals surface area contributed by atoms with Crippen LogP contribution in [-0.4, -0.2) is 43.3 Å². The molecular weight excluding hydrogens is 188 g/mol. The van der Waals surface area contributed by atoms with Crippen LogP contribution in [0.25, 0.3) is 0 Å². The summed E-state index contributed by atoms with van der Waals surface area (Å²) in [5.74, 6) is 0. The van der Waals surface area contributed by atoms with Crippen molar-refractivity contribution in [2.24, 2.45) is 11.1 Å². The maximum atomic E-state index is 5.89. The second-order valence-electron chi connectivity index (χ2n) is 5.71. The van der Waals surface area contributed by atoms with Crippen molar-refractivity contribution in [3.63, 3.8) is 0 Å². The largest absolute Gasteiger partial charge is 0.377 e. The van der Waals surface area contributed by atoms with Crippen molar-refractivity contribution < 1.29 is 4.74 Å². The van der Waals surface area contributed by atoms with Gasteiger partial charge in [-0.15, -0.1) is 0 Å². The van der Waals surface area contributed by atoms with Crippen LogP contribution < -0.4 is 5.73 Å². The van der Waals surface area contributed by atoms with Crippen LogP contribution in [0.1, 0.15) is 34.1 Å². The summed E-state index contributed by atoms with van der Waals surface area (Å²) in [6, 6.07) is 0.949. The predicted molar refractivity (Wildman–Crippen MR) is 63.9 cm³/mol. The highest BCUT2D eigenvalue weighted by Gasteiger charge is 2.35. The first-order chi connectivity index (χ1) is 6.88. The number of nitrogens with two attached hydrogens (primary N) is 1. The molecule has 1 heterocycles. The summed E-state index contributed by atoms with van der Waals surface area (Å²) >= 11 is 0. The number of ether oxygens (including phenoxy) is 1. The lowest BCUT2D eigenvalue weighted by atomic mass is 9.84. The molecule has 0 saturated carbocycles. The molecule has 0 amide bonds. The van der Waals surface area contributed by atoms with Gasteiger partial charge >= 0.3 is 0 Å². The molecule has 0 spiro atoms. The summed E-state index contributed by atoms with van der Waals surface area (Å²) in [4.78, 5) is 2.41. The summed E-state index contributed by atoms with van der Waals surface area (Å²) in [6.07, 6.45) is 1.47. The van der Waals surface area contributed by atoms with E-state index in [1.54, 1.807) is 0 Å². The summed E-state index contributed by atoms with van der Waals surface area (Å²) in [7, 11) is 2.18. The highest BCUT2D eigenvalue weighted by Crippen LogP contribution is 2.28. The molecular formula is C12H26N2O. The lowest BCUT2D eigenvalue weighted by Gasteiger charge is -2.41. The van der Waals surface area contributed by atoms with E-state index in [4.69, 9.17) is 10.5 Å². The van der Waals surface area contributed by atoms with E-state index < -0.39 is 0 Å². The molecule has 3 heteroatoms. The quantitative estimate of drug-likeness (QED) is 0.773. The molecule has 3 unspecified atom stereocenters. The Hall–Kier alpha value is -0.120. The zero-order valence-electron chi connectivity index (χ0n) is 10.8. The predicted octanol–water partition coefficient (Wildman–Crippen LogP) is 1.47. The summed E-state index contributed by atoms with van der Waals surface area (Å²) < 4.78 is 5.61. The molecule has 1 aliphatic heterocycles. The summed E-state index contributed by atoms with van der Waals surface area (Å²) in [5, 5.41) is 0. The Kier molecular flexibility index (Phi) is 4.15. The van der Waals surface area contributed by atoms with Gasteiger partial charge < -0.3 is 10.5 Å². The van der Waals surface area contributed by atoms with Gasteiger partial charge in [0, 0.05) is 25.2 Å². The number of nitrogens with zero attached hydrogens (tertiary/aromatic N) is 1. The lowest BCUT2D eigenvalue weighted by Crippen LogP contribution is -2.52. The van der Waals surface area contributed by atoms with E-state index in [0.717, 1.165) is 13.0 Å². The summed E-state index contributed by atoms with van der Waals surface area (Å²) in [5.41, 5.74) is 6.12. The van der Waals surface area contributed by atoms with Gasteiger partial charge in [-0.25, -0.2) is 0 Å². The standard InChI is InChI=1S/C12H26N2O/c1-9-10(6-7-15-9)14(5)11(8-13)12(2,3)4/h9-11H,6-8,13H2,1-5H3. The Bertz CT molecular complexity index is 200. The van der Waals surface area contributed by atoms with E-state index in [0.29, 0.717) is 24.7 Å². The van der Waals surface area contributed by atoms with E-state index in [2.05, 4.69) is 39.6 Å². The van der Waals surface area contributed by atoms with Crippen molar-refractivity contribution in [1.29, 1.82) is 0 Å². The number of hydrogen-bond acceptors (Lipinski definition) is 3. The van der Waals surface area contributed by atoms with E-state index in [1.165, 1.54) is 0 Å². The van der Waals surface area contributed by atoms with Gasteiger partial charge in [-0.3, -0.25) is 4.90 Å². The first-order valence-electron chi connectivity index (χ1n) is 5.91. The average Bonchev–Trinajstić information content (AvgIpc) is 2.49. The van der Waals surface area contributed by atoms with Gasteiger partial charge in [-0.1, -0.05) is 20.8 Å². The fourth-order valence-electron chi connectivity index (χ4n) is 2.62. The molecule has 0 aromatic carbocycles. The van der Waals surface area contributed by atoms with Gasteiger partial charge in [0.25, 0.3) is 0 Å². The summed E-state index contributed by atoms with van der Waals surface area (Å²) in [6.45, 7) is 10.5. The van der Waals surface area contributed by atoms with Crippen LogP contribution in [0.4, 0.5) is 0 Å². The van der Waals surface area contributed by atoms with Crippen LogP contribution in [-0.2, 0) is 4.74 Å². The molecule has 0 bridgehead atoms. The maximum absolute atomic E-state index is 5.89. The molecule has 15 heavy (non-hydrogen) atoms. The molecule has 1 fully saturated rings. The molecule has 0 aromatic rings. The molecule has 2 N–H and O–H groups in total. The Labute approximate surface area is 94.0 Å². The third-order valence-electron chi connectivity index (χ3n) is 3.57. The number of rotatable bonds is 3. The molecule has 0 radical (unpaired) electrons. The topological polar surface area (TPSA) is 38.5 Å². The van der Waals surface area contributed by atoms with Gasteiger partial charge in [0.1, 0.15) is 0 Å². The molecule has 3 nitrogen and oxygen atoms in total. The Morgan fingerprint density at radius 3 is 2.40 bits per heavy atom. The molecule has 0 aliphatic carbocycles. The maximum Gasteiger partial charge on any atom is 0.0703 e. The average molecular weight is 214 g/mol. The fraction of sp³-hybridized carbons (Fsp3) is 1.00. The Morgan fingerprint density at radius 2 is 2.07 bits per heavy atom. The fourth-order valence-corrected chi connectivity index (χ4v) is 2.62. The van der Waals surface area contributed by atoms with E-state index in [1.807, 2.05) is 0 Å². The highest BCUT2D eigenvalue weighted by atomic mass is 16.5. The highest BCUT2D eigenvalue weighted by molar-refractivity contribution is 4.90. The van der Waals surface area contributed by atoms with Gasteiger partial charge in [0.05, 0.1) is 6.10 Å². The Balaban J connectivity index is 2.68. The van der Waals surface area contributed by atoms with Crippen LogP contribution in [0, 0.1) is 5.41 Å². The normalized spacial score (nSPS) is 29.8. The number of likely N-dealkylation sites (N-methyl/N-ethyl adjacent to an activating group) is 1. The first-order valence-corrected chi connectivity index (χ1v) is 5.91. The Morgan fingerprint density at radius 1 is 1.47 bits per heavy atom. The van der Waals surface area contributed by atoms with Crippen LogP contribution in [0.3, 0.4) is 0 Å².